The molecule has 1 aromatic rings. The monoisotopic (exact) mass is 231 g/mol. The summed E-state index contributed by atoms with van der Waals surface area (Å²) in [6, 6.07) is 0. The first kappa shape index (κ1) is 12.4. The summed E-state index contributed by atoms with van der Waals surface area (Å²) in [5, 5.41) is 10.2. The van der Waals surface area contributed by atoms with Gasteiger partial charge in [0.2, 0.25) is 0 Å². The summed E-state index contributed by atoms with van der Waals surface area (Å²) in [6.07, 6.45) is 2.56. The largest absolute Gasteiger partial charge is 0.390 e. The summed E-state index contributed by atoms with van der Waals surface area (Å²) in [6.45, 7) is -0.556. The summed E-state index contributed by atoms with van der Waals surface area (Å²) in [5.41, 5.74) is 0.580. The van der Waals surface area contributed by atoms with E-state index in [1.54, 1.807) is 6.92 Å². The van der Waals surface area contributed by atoms with Gasteiger partial charge in [0.25, 0.3) is 11.8 Å². The molecule has 0 radical (unpaired) electrons. The van der Waals surface area contributed by atoms with Crippen molar-refractivity contribution in [2.45, 2.75) is 12.8 Å². The van der Waals surface area contributed by atoms with Gasteiger partial charge in [-0.2, -0.15) is 0 Å². The highest BCUT2D eigenvalue weighted by Crippen LogP contribution is 2.09. The van der Waals surface area contributed by atoms with Crippen molar-refractivity contribution < 1.29 is 18.7 Å². The number of hydrogen-bond donors (Lipinski definition) is 2. The van der Waals surface area contributed by atoms with Crippen molar-refractivity contribution in [1.29, 1.82) is 0 Å². The van der Waals surface area contributed by atoms with Gasteiger partial charge in [0.05, 0.1) is 18.4 Å². The average molecular weight is 231 g/mol. The van der Waals surface area contributed by atoms with Gasteiger partial charge in [-0.3, -0.25) is 9.78 Å². The summed E-state index contributed by atoms with van der Waals surface area (Å²) >= 11 is 0. The summed E-state index contributed by atoms with van der Waals surface area (Å²) in [7, 11) is 0. The molecule has 2 N–H and O–H groups in total. The molecule has 0 aliphatic heterocycles. The fourth-order valence-electron chi connectivity index (χ4n) is 0.866. The van der Waals surface area contributed by atoms with Gasteiger partial charge in [0, 0.05) is 6.20 Å². The van der Waals surface area contributed by atoms with Gasteiger partial charge in [-0.1, -0.05) is 0 Å². The van der Waals surface area contributed by atoms with E-state index in [1.807, 2.05) is 5.32 Å². The average Bonchev–Trinajstić information content (AvgIpc) is 2.27. The fraction of sp³-hybridized carbons (Fsp3) is 0.444. The molecule has 0 aliphatic carbocycles. The lowest BCUT2D eigenvalue weighted by Gasteiger charge is -2.13. The lowest BCUT2D eigenvalue weighted by molar-refractivity contribution is -0.0462. The molecule has 0 aliphatic rings. The smallest absolute Gasteiger partial charge is 0.287 e. The Kier molecular flexibility index (Phi) is 3.83. The van der Waals surface area contributed by atoms with Crippen LogP contribution in [0.25, 0.3) is 0 Å². The first-order valence-electron chi connectivity index (χ1n) is 4.50. The number of aliphatic hydroxyl groups is 1. The predicted molar refractivity (Wildman–Crippen MR) is 51.1 cm³/mol. The van der Waals surface area contributed by atoms with Crippen molar-refractivity contribution in [3.05, 3.63) is 23.8 Å². The minimum Gasteiger partial charge on any atom is -0.390 e. The van der Waals surface area contributed by atoms with E-state index in [4.69, 9.17) is 5.11 Å². The molecule has 0 spiro atoms. The SMILES string of the molecule is Cc1cnc(C(=O)NCC(F)(F)CO)cn1. The Morgan fingerprint density at radius 2 is 2.19 bits per heavy atom. The molecule has 0 fully saturated rings. The number of rotatable bonds is 4. The number of carbonyl (C=O) groups is 1. The Hall–Kier alpha value is -1.63. The van der Waals surface area contributed by atoms with Crippen molar-refractivity contribution in [1.82, 2.24) is 15.3 Å². The Bertz CT molecular complexity index is 368. The quantitative estimate of drug-likeness (QED) is 0.773. The van der Waals surface area contributed by atoms with Crippen LogP contribution < -0.4 is 5.32 Å². The molecule has 0 atom stereocenters. The van der Waals surface area contributed by atoms with Gasteiger partial charge in [-0.05, 0) is 6.92 Å². The molecular weight excluding hydrogens is 220 g/mol. The highest BCUT2D eigenvalue weighted by atomic mass is 19.3. The molecule has 1 amide bonds. The van der Waals surface area contributed by atoms with E-state index in [-0.39, 0.29) is 5.69 Å². The normalized spacial score (nSPS) is 11.2. The Morgan fingerprint density at radius 3 is 2.69 bits per heavy atom. The molecule has 16 heavy (non-hydrogen) atoms. The third-order valence-corrected chi connectivity index (χ3v) is 1.75. The van der Waals surface area contributed by atoms with Crippen LogP contribution in [-0.4, -0.2) is 40.1 Å². The third kappa shape index (κ3) is 3.50. The number of alkyl halides is 2. The van der Waals surface area contributed by atoms with Crippen molar-refractivity contribution in [3.63, 3.8) is 0 Å². The van der Waals surface area contributed by atoms with Crippen LogP contribution in [0.4, 0.5) is 8.78 Å². The summed E-state index contributed by atoms with van der Waals surface area (Å²) < 4.78 is 25.2. The van der Waals surface area contributed by atoms with Crippen LogP contribution in [0, 0.1) is 6.92 Å². The number of aromatic nitrogens is 2. The van der Waals surface area contributed by atoms with E-state index >= 15 is 0 Å². The maximum absolute atomic E-state index is 12.6. The number of aryl methyl sites for hydroxylation is 1. The predicted octanol–water partition coefficient (Wildman–Crippen LogP) is 0.142. The zero-order valence-electron chi connectivity index (χ0n) is 8.57. The van der Waals surface area contributed by atoms with Crippen LogP contribution in [-0.2, 0) is 0 Å². The summed E-state index contributed by atoms with van der Waals surface area (Å²) in [4.78, 5) is 18.8. The molecule has 0 saturated heterocycles. The number of nitrogens with one attached hydrogen (secondary N) is 1. The molecule has 0 aromatic carbocycles. The van der Waals surface area contributed by atoms with Crippen LogP contribution in [0.15, 0.2) is 12.4 Å². The standard InChI is InChI=1S/C9H11F2N3O2/c1-6-2-13-7(3-12-6)8(16)14-4-9(10,11)5-15/h2-3,15H,4-5H2,1H3,(H,14,16). The van der Waals surface area contributed by atoms with Crippen LogP contribution >= 0.6 is 0 Å². The van der Waals surface area contributed by atoms with Crippen molar-refractivity contribution in [2.24, 2.45) is 0 Å². The number of amides is 1. The first-order valence-corrected chi connectivity index (χ1v) is 4.50. The molecule has 0 unspecified atom stereocenters. The molecule has 0 bridgehead atoms. The Labute approximate surface area is 90.5 Å². The molecule has 1 aromatic heterocycles. The van der Waals surface area contributed by atoms with Gasteiger partial charge < -0.3 is 10.4 Å². The van der Waals surface area contributed by atoms with E-state index in [2.05, 4.69) is 9.97 Å². The maximum Gasteiger partial charge on any atom is 0.287 e. The zero-order valence-corrected chi connectivity index (χ0v) is 8.57. The van der Waals surface area contributed by atoms with Gasteiger partial charge >= 0.3 is 0 Å². The molecule has 7 heteroatoms. The fourth-order valence-corrected chi connectivity index (χ4v) is 0.866. The highest BCUT2D eigenvalue weighted by molar-refractivity contribution is 5.91. The van der Waals surface area contributed by atoms with Crippen molar-refractivity contribution in [2.75, 3.05) is 13.2 Å². The van der Waals surface area contributed by atoms with E-state index in [0.29, 0.717) is 5.69 Å². The second kappa shape index (κ2) is 4.93. The second-order valence-electron chi connectivity index (χ2n) is 3.24. The second-order valence-corrected chi connectivity index (χ2v) is 3.24. The minimum absolute atomic E-state index is 0.0423. The van der Waals surface area contributed by atoms with E-state index < -0.39 is 25.0 Å². The number of hydrogen-bond acceptors (Lipinski definition) is 4. The van der Waals surface area contributed by atoms with Crippen LogP contribution in [0.3, 0.4) is 0 Å². The van der Waals surface area contributed by atoms with Crippen molar-refractivity contribution in [3.8, 4) is 0 Å². The minimum atomic E-state index is -3.33. The molecule has 0 saturated carbocycles. The highest BCUT2D eigenvalue weighted by Gasteiger charge is 2.28. The van der Waals surface area contributed by atoms with Gasteiger partial charge in [0.1, 0.15) is 12.3 Å². The van der Waals surface area contributed by atoms with Gasteiger partial charge in [-0.15, -0.1) is 0 Å². The molecule has 1 rings (SSSR count). The maximum atomic E-state index is 12.6. The number of halogens is 2. The Balaban J connectivity index is 2.56. The number of carbonyl (C=O) groups excluding carboxylic acids is 1. The molecular formula is C9H11F2N3O2. The van der Waals surface area contributed by atoms with Crippen LogP contribution in [0.5, 0.6) is 0 Å². The molecule has 88 valence electrons. The number of nitrogens with zero attached hydrogens (tertiary/aromatic N) is 2. The van der Waals surface area contributed by atoms with Crippen molar-refractivity contribution >= 4 is 5.91 Å². The van der Waals surface area contributed by atoms with Crippen LogP contribution in [0.1, 0.15) is 16.2 Å². The third-order valence-electron chi connectivity index (χ3n) is 1.75. The Morgan fingerprint density at radius 1 is 1.50 bits per heavy atom. The van der Waals surface area contributed by atoms with Crippen LogP contribution in [0.2, 0.25) is 0 Å². The zero-order chi connectivity index (χ0) is 12.2. The lowest BCUT2D eigenvalue weighted by atomic mass is 10.3. The lowest BCUT2D eigenvalue weighted by Crippen LogP contribution is -2.39. The van der Waals surface area contributed by atoms with E-state index in [1.165, 1.54) is 12.4 Å². The van der Waals surface area contributed by atoms with Gasteiger partial charge in [-0.25, -0.2) is 13.8 Å². The molecule has 1 heterocycles. The summed E-state index contributed by atoms with van der Waals surface area (Å²) in [5.74, 6) is -4.08. The van der Waals surface area contributed by atoms with E-state index in [9.17, 15) is 13.6 Å². The first-order chi connectivity index (χ1) is 7.44. The topological polar surface area (TPSA) is 75.1 Å². The molecule has 5 nitrogen and oxygen atoms in total. The van der Waals surface area contributed by atoms with Gasteiger partial charge in [0.15, 0.2) is 0 Å². The number of aliphatic hydroxyl groups excluding tert-OH is 1. The van der Waals surface area contributed by atoms with E-state index in [0.717, 1.165) is 0 Å².